The second kappa shape index (κ2) is 7.77. The Morgan fingerprint density at radius 2 is 2.00 bits per heavy atom. The maximum atomic E-state index is 13.1. The topological polar surface area (TPSA) is 88.0 Å². The van der Waals surface area contributed by atoms with E-state index < -0.39 is 11.7 Å². The number of carbonyl (C=O) groups excluding carboxylic acids is 1. The molecule has 2 N–H and O–H groups in total. The SMILES string of the molecule is CCNc1nc(Nc2cnn([C@H]3C[C@@H](N4CCCC4=O)C3)c2C)ncc1C(F)(F)F. The molecule has 0 radical (unpaired) electrons. The fourth-order valence-corrected chi connectivity index (χ4v) is 4.05. The normalized spacial score (nSPS) is 21.6. The number of halogens is 3. The van der Waals surface area contributed by atoms with E-state index in [0.717, 1.165) is 37.7 Å². The summed E-state index contributed by atoms with van der Waals surface area (Å²) in [6.45, 7) is 4.73. The standard InChI is InChI=1S/C19H24F3N7O/c1-3-23-17-14(19(20,21)22)9-24-18(27-17)26-15-10-25-29(11(15)2)13-7-12(8-13)28-6-4-5-16(28)30/h9-10,12-13H,3-8H2,1-2H3,(H2,23,24,26,27)/t12-,13+. The molecule has 1 saturated heterocycles. The molecule has 162 valence electrons. The van der Waals surface area contributed by atoms with Gasteiger partial charge < -0.3 is 15.5 Å². The molecule has 0 spiro atoms. The Kier molecular flexibility index (Phi) is 5.29. The summed E-state index contributed by atoms with van der Waals surface area (Å²) in [6.07, 6.45) is 1.14. The van der Waals surface area contributed by atoms with Gasteiger partial charge in [-0.1, -0.05) is 0 Å². The Morgan fingerprint density at radius 1 is 1.23 bits per heavy atom. The Hall–Kier alpha value is -2.85. The van der Waals surface area contributed by atoms with Gasteiger partial charge in [-0.15, -0.1) is 0 Å². The van der Waals surface area contributed by atoms with Gasteiger partial charge in [0.2, 0.25) is 11.9 Å². The van der Waals surface area contributed by atoms with E-state index in [9.17, 15) is 18.0 Å². The van der Waals surface area contributed by atoms with Crippen LogP contribution < -0.4 is 10.6 Å². The highest BCUT2D eigenvalue weighted by Crippen LogP contribution is 2.39. The second-order valence-corrected chi connectivity index (χ2v) is 7.67. The molecule has 1 aliphatic carbocycles. The third-order valence-electron chi connectivity index (χ3n) is 5.71. The first-order valence-electron chi connectivity index (χ1n) is 10.1. The average Bonchev–Trinajstić information content (AvgIpc) is 3.21. The van der Waals surface area contributed by atoms with Crippen molar-refractivity contribution in [2.24, 2.45) is 0 Å². The molecule has 1 aliphatic heterocycles. The fourth-order valence-electron chi connectivity index (χ4n) is 4.05. The van der Waals surface area contributed by atoms with Crippen molar-refractivity contribution in [1.29, 1.82) is 0 Å². The van der Waals surface area contributed by atoms with Gasteiger partial charge >= 0.3 is 6.18 Å². The molecule has 2 aliphatic rings. The van der Waals surface area contributed by atoms with E-state index in [1.54, 1.807) is 13.1 Å². The summed E-state index contributed by atoms with van der Waals surface area (Å²) in [5.74, 6) is 0.0364. The molecule has 0 atom stereocenters. The summed E-state index contributed by atoms with van der Waals surface area (Å²) in [4.78, 5) is 21.7. The summed E-state index contributed by atoms with van der Waals surface area (Å²) in [5, 5.41) is 10.0. The zero-order chi connectivity index (χ0) is 21.5. The van der Waals surface area contributed by atoms with Crippen LogP contribution in [0.2, 0.25) is 0 Å². The molecule has 0 bridgehead atoms. The van der Waals surface area contributed by atoms with E-state index in [0.29, 0.717) is 18.7 Å². The molecule has 1 amide bonds. The molecule has 1 saturated carbocycles. The largest absolute Gasteiger partial charge is 0.421 e. The number of likely N-dealkylation sites (tertiary alicyclic amines) is 1. The summed E-state index contributed by atoms with van der Waals surface area (Å²) in [7, 11) is 0. The van der Waals surface area contributed by atoms with Crippen molar-refractivity contribution in [3.05, 3.63) is 23.7 Å². The van der Waals surface area contributed by atoms with Crippen molar-refractivity contribution in [2.75, 3.05) is 23.7 Å². The van der Waals surface area contributed by atoms with Crippen LogP contribution in [-0.4, -0.2) is 49.7 Å². The minimum atomic E-state index is -4.53. The third-order valence-corrected chi connectivity index (χ3v) is 5.71. The molecular formula is C19H24F3N7O. The molecule has 2 aromatic rings. The van der Waals surface area contributed by atoms with Crippen molar-refractivity contribution < 1.29 is 18.0 Å². The van der Waals surface area contributed by atoms with Crippen molar-refractivity contribution >= 4 is 23.4 Å². The van der Waals surface area contributed by atoms with Gasteiger partial charge in [-0.05, 0) is 33.1 Å². The van der Waals surface area contributed by atoms with Gasteiger partial charge in [-0.25, -0.2) is 4.98 Å². The van der Waals surface area contributed by atoms with Crippen molar-refractivity contribution in [2.45, 2.75) is 57.8 Å². The zero-order valence-corrected chi connectivity index (χ0v) is 16.8. The first-order valence-corrected chi connectivity index (χ1v) is 10.1. The quantitative estimate of drug-likeness (QED) is 0.740. The number of nitrogens with zero attached hydrogens (tertiary/aromatic N) is 5. The van der Waals surface area contributed by atoms with E-state index in [-0.39, 0.29) is 29.8 Å². The summed E-state index contributed by atoms with van der Waals surface area (Å²) >= 11 is 0. The number of anilines is 3. The first kappa shape index (κ1) is 20.4. The van der Waals surface area contributed by atoms with Gasteiger partial charge in [-0.2, -0.15) is 23.3 Å². The number of rotatable bonds is 6. The van der Waals surface area contributed by atoms with Crippen LogP contribution in [0.5, 0.6) is 0 Å². The highest BCUT2D eigenvalue weighted by atomic mass is 19.4. The summed E-state index contributed by atoms with van der Waals surface area (Å²) < 4.78 is 41.3. The predicted molar refractivity (Wildman–Crippen MR) is 104 cm³/mol. The lowest BCUT2D eigenvalue weighted by atomic mass is 9.85. The molecule has 2 aromatic heterocycles. The molecule has 0 aromatic carbocycles. The number of hydrogen-bond donors (Lipinski definition) is 2. The molecule has 2 fully saturated rings. The molecule has 0 unspecified atom stereocenters. The van der Waals surface area contributed by atoms with Gasteiger partial charge in [-0.3, -0.25) is 9.48 Å². The van der Waals surface area contributed by atoms with Crippen LogP contribution in [0.4, 0.5) is 30.6 Å². The van der Waals surface area contributed by atoms with E-state index in [1.165, 1.54) is 0 Å². The lowest BCUT2D eigenvalue weighted by molar-refractivity contribution is -0.137. The minimum Gasteiger partial charge on any atom is -0.370 e. The molecule has 11 heteroatoms. The van der Waals surface area contributed by atoms with Gasteiger partial charge in [0.05, 0.1) is 23.6 Å². The maximum Gasteiger partial charge on any atom is 0.421 e. The monoisotopic (exact) mass is 423 g/mol. The van der Waals surface area contributed by atoms with E-state index >= 15 is 0 Å². The van der Waals surface area contributed by atoms with E-state index in [4.69, 9.17) is 0 Å². The molecule has 3 heterocycles. The number of alkyl halides is 3. The second-order valence-electron chi connectivity index (χ2n) is 7.67. The minimum absolute atomic E-state index is 0.0655. The van der Waals surface area contributed by atoms with Gasteiger partial charge in [0, 0.05) is 31.7 Å². The van der Waals surface area contributed by atoms with Crippen molar-refractivity contribution in [3.63, 3.8) is 0 Å². The summed E-state index contributed by atoms with van der Waals surface area (Å²) in [6, 6.07) is 0.468. The maximum absolute atomic E-state index is 13.1. The van der Waals surface area contributed by atoms with E-state index in [2.05, 4.69) is 25.7 Å². The van der Waals surface area contributed by atoms with Crippen LogP contribution in [0.15, 0.2) is 12.4 Å². The van der Waals surface area contributed by atoms with Crippen molar-refractivity contribution in [1.82, 2.24) is 24.6 Å². The van der Waals surface area contributed by atoms with Crippen LogP contribution in [0, 0.1) is 6.92 Å². The zero-order valence-electron chi connectivity index (χ0n) is 16.8. The average molecular weight is 423 g/mol. The van der Waals surface area contributed by atoms with Gasteiger partial charge in [0.15, 0.2) is 0 Å². The van der Waals surface area contributed by atoms with Crippen molar-refractivity contribution in [3.8, 4) is 0 Å². The fraction of sp³-hybridized carbons (Fsp3) is 0.579. The van der Waals surface area contributed by atoms with Gasteiger partial charge in [0.25, 0.3) is 0 Å². The number of hydrogen-bond acceptors (Lipinski definition) is 6. The highest BCUT2D eigenvalue weighted by molar-refractivity contribution is 5.78. The Bertz CT molecular complexity index is 937. The van der Waals surface area contributed by atoms with Crippen LogP contribution in [0.3, 0.4) is 0 Å². The third kappa shape index (κ3) is 3.80. The van der Waals surface area contributed by atoms with Gasteiger partial charge in [0.1, 0.15) is 11.4 Å². The Labute approximate surface area is 171 Å². The molecule has 4 rings (SSSR count). The van der Waals surface area contributed by atoms with Crippen LogP contribution in [0.25, 0.3) is 0 Å². The number of carbonyl (C=O) groups is 1. The van der Waals surface area contributed by atoms with Crippen LogP contribution in [0.1, 0.15) is 49.9 Å². The van der Waals surface area contributed by atoms with E-state index in [1.807, 2.05) is 16.5 Å². The Balaban J connectivity index is 1.46. The first-order chi connectivity index (χ1) is 14.3. The predicted octanol–water partition coefficient (Wildman–Crippen LogP) is 3.50. The summed E-state index contributed by atoms with van der Waals surface area (Å²) in [5.41, 5.74) is 0.580. The number of aromatic nitrogens is 4. The van der Waals surface area contributed by atoms with Crippen LogP contribution in [-0.2, 0) is 11.0 Å². The number of nitrogens with one attached hydrogen (secondary N) is 2. The lowest BCUT2D eigenvalue weighted by Crippen LogP contribution is -2.46. The lowest BCUT2D eigenvalue weighted by Gasteiger charge is -2.41. The molecule has 8 nitrogen and oxygen atoms in total. The highest BCUT2D eigenvalue weighted by Gasteiger charge is 2.39. The smallest absolute Gasteiger partial charge is 0.370 e. The number of amides is 1. The molecule has 30 heavy (non-hydrogen) atoms. The van der Waals surface area contributed by atoms with Crippen LogP contribution >= 0.6 is 0 Å². The Morgan fingerprint density at radius 3 is 2.63 bits per heavy atom. The molecular weight excluding hydrogens is 399 g/mol.